The summed E-state index contributed by atoms with van der Waals surface area (Å²) in [5.41, 5.74) is 1.28. The average molecular weight is 574 g/mol. The second-order valence-electron chi connectivity index (χ2n) is 5.35. The Hall–Kier alpha value is -2.35. The molecular weight excluding hydrogens is 562 g/mol. The van der Waals surface area contributed by atoms with Crippen molar-refractivity contribution in [1.82, 2.24) is 9.97 Å². The number of carbonyl (C=O) groups excluding carboxylic acids is 2. The first kappa shape index (κ1) is 23.7. The number of carbonyl (C=O) groups is 2. The van der Waals surface area contributed by atoms with Crippen molar-refractivity contribution < 1.29 is 64.2 Å². The Kier molecular flexibility index (Phi) is 9.18. The number of carboxylic acid groups (broad SMARTS) is 2. The van der Waals surface area contributed by atoms with Gasteiger partial charge in [0.05, 0.1) is 34.4 Å². The van der Waals surface area contributed by atoms with E-state index in [0.29, 0.717) is 11.0 Å². The molecule has 0 unspecified atom stereocenters. The SMILES string of the molecule is O=C([O-])c1ccc2ccccc2n1.O=C([O-])c1ccc2ccccc2n1.[Hf+4].[V]. The van der Waals surface area contributed by atoms with Gasteiger partial charge in [0.2, 0.25) is 0 Å². The molecule has 0 bridgehead atoms. The Balaban J connectivity index is 0.000000261. The predicted molar refractivity (Wildman–Crippen MR) is 92.1 cm³/mol. The van der Waals surface area contributed by atoms with E-state index in [0.717, 1.165) is 10.8 Å². The molecule has 0 N–H and O–H groups in total. The molecule has 4 rings (SSSR count). The molecule has 0 saturated heterocycles. The van der Waals surface area contributed by atoms with E-state index >= 15 is 0 Å². The first-order valence-corrected chi connectivity index (χ1v) is 7.69. The van der Waals surface area contributed by atoms with E-state index in [4.69, 9.17) is 0 Å². The van der Waals surface area contributed by atoms with Crippen LogP contribution in [0.3, 0.4) is 0 Å². The van der Waals surface area contributed by atoms with Crippen molar-refractivity contribution in [2.45, 2.75) is 0 Å². The van der Waals surface area contributed by atoms with Crippen LogP contribution in [0.25, 0.3) is 21.8 Å². The molecular formula is C20H12HfN2O4V+2. The third kappa shape index (κ3) is 5.82. The van der Waals surface area contributed by atoms with Gasteiger partial charge in [-0.15, -0.1) is 0 Å². The van der Waals surface area contributed by atoms with Gasteiger partial charge in [0.25, 0.3) is 0 Å². The fraction of sp³-hybridized carbons (Fsp3) is 0. The van der Waals surface area contributed by atoms with E-state index < -0.39 is 11.9 Å². The van der Waals surface area contributed by atoms with Crippen LogP contribution < -0.4 is 10.2 Å². The van der Waals surface area contributed by atoms with Gasteiger partial charge < -0.3 is 19.8 Å². The average Bonchev–Trinajstić information content (AvgIpc) is 2.67. The Morgan fingerprint density at radius 3 is 1.32 bits per heavy atom. The summed E-state index contributed by atoms with van der Waals surface area (Å²) < 4.78 is 0. The quantitative estimate of drug-likeness (QED) is 0.334. The van der Waals surface area contributed by atoms with Crippen LogP contribution in [0.4, 0.5) is 0 Å². The number of hydrogen-bond donors (Lipinski definition) is 0. The number of fused-ring (bicyclic) bond motifs is 2. The third-order valence-corrected chi connectivity index (χ3v) is 3.62. The van der Waals surface area contributed by atoms with Crippen molar-refractivity contribution >= 4 is 33.7 Å². The van der Waals surface area contributed by atoms with Gasteiger partial charge in [0.1, 0.15) is 0 Å². The minimum Gasteiger partial charge on any atom is -0.543 e. The zero-order chi connectivity index (χ0) is 18.5. The Morgan fingerprint density at radius 1 is 0.607 bits per heavy atom. The summed E-state index contributed by atoms with van der Waals surface area (Å²) in [5.74, 6) is -2.49. The molecule has 8 heteroatoms. The Bertz CT molecular complexity index is 1030. The zero-order valence-electron chi connectivity index (χ0n) is 14.4. The van der Waals surface area contributed by atoms with E-state index in [9.17, 15) is 19.8 Å². The predicted octanol–water partition coefficient (Wildman–Crippen LogP) is 1.19. The van der Waals surface area contributed by atoms with Crippen molar-refractivity contribution in [3.63, 3.8) is 0 Å². The number of benzene rings is 2. The number of rotatable bonds is 2. The number of para-hydroxylation sites is 2. The van der Waals surface area contributed by atoms with Crippen molar-refractivity contribution in [3.05, 3.63) is 84.2 Å². The first-order valence-electron chi connectivity index (χ1n) is 7.69. The van der Waals surface area contributed by atoms with Crippen molar-refractivity contribution in [2.75, 3.05) is 0 Å². The molecule has 2 aromatic carbocycles. The number of hydrogen-bond acceptors (Lipinski definition) is 6. The molecule has 0 aliphatic heterocycles. The van der Waals surface area contributed by atoms with Crippen molar-refractivity contribution in [1.29, 1.82) is 0 Å². The van der Waals surface area contributed by atoms with Gasteiger partial charge in [0.15, 0.2) is 0 Å². The second-order valence-corrected chi connectivity index (χ2v) is 5.35. The van der Waals surface area contributed by atoms with Gasteiger partial charge in [-0.1, -0.05) is 48.5 Å². The zero-order valence-corrected chi connectivity index (χ0v) is 19.4. The summed E-state index contributed by atoms with van der Waals surface area (Å²) in [6, 6.07) is 21.0. The van der Waals surface area contributed by atoms with Gasteiger partial charge in [0, 0.05) is 29.3 Å². The number of aromatic nitrogens is 2. The van der Waals surface area contributed by atoms with Gasteiger partial charge in [-0.3, -0.25) is 0 Å². The van der Waals surface area contributed by atoms with E-state index in [1.807, 2.05) is 36.4 Å². The molecule has 2 aromatic heterocycles. The normalized spacial score (nSPS) is 9.43. The molecule has 1 radical (unpaired) electrons. The minimum atomic E-state index is -1.24. The molecule has 0 saturated carbocycles. The summed E-state index contributed by atoms with van der Waals surface area (Å²) in [4.78, 5) is 28.8. The fourth-order valence-electron chi connectivity index (χ4n) is 2.36. The molecule has 0 aliphatic rings. The third-order valence-electron chi connectivity index (χ3n) is 3.62. The molecule has 2 heterocycles. The summed E-state index contributed by atoms with van der Waals surface area (Å²) >= 11 is 0. The topological polar surface area (TPSA) is 106 Å². The largest absolute Gasteiger partial charge is 4.00 e. The smallest absolute Gasteiger partial charge is 0.543 e. The van der Waals surface area contributed by atoms with Gasteiger partial charge in [-0.25, -0.2) is 9.97 Å². The number of carboxylic acids is 2. The van der Waals surface area contributed by atoms with Crippen LogP contribution in [0.1, 0.15) is 21.0 Å². The van der Waals surface area contributed by atoms with Crippen LogP contribution in [0.5, 0.6) is 0 Å². The van der Waals surface area contributed by atoms with E-state index in [2.05, 4.69) is 9.97 Å². The summed E-state index contributed by atoms with van der Waals surface area (Å²) in [7, 11) is 0. The molecule has 133 valence electrons. The van der Waals surface area contributed by atoms with E-state index in [1.165, 1.54) is 12.1 Å². The molecule has 0 aliphatic carbocycles. The van der Waals surface area contributed by atoms with Crippen molar-refractivity contribution in [2.24, 2.45) is 0 Å². The minimum absolute atomic E-state index is 0. The standard InChI is InChI=1S/2C10H7NO2.Hf.V/c2*12-10(13)9-6-5-7-3-1-2-4-8(7)11-9;;/h2*1-6H,(H,12,13);;/q;;+4;/p-2. The maximum Gasteiger partial charge on any atom is 4.00 e. The van der Waals surface area contributed by atoms with Crippen LogP contribution >= 0.6 is 0 Å². The van der Waals surface area contributed by atoms with Crippen LogP contribution in [0, 0.1) is 0 Å². The van der Waals surface area contributed by atoms with Crippen LogP contribution in [-0.2, 0) is 44.4 Å². The number of aromatic carboxylic acids is 2. The maximum absolute atomic E-state index is 10.5. The Morgan fingerprint density at radius 2 is 0.964 bits per heavy atom. The van der Waals surface area contributed by atoms with Crippen LogP contribution in [-0.4, -0.2) is 21.9 Å². The molecule has 6 nitrogen and oxygen atoms in total. The van der Waals surface area contributed by atoms with Gasteiger partial charge in [-0.05, 0) is 24.3 Å². The molecule has 0 amide bonds. The van der Waals surface area contributed by atoms with Gasteiger partial charge >= 0.3 is 25.8 Å². The number of pyridine rings is 2. The van der Waals surface area contributed by atoms with Crippen LogP contribution in [0.2, 0.25) is 0 Å². The fourth-order valence-corrected chi connectivity index (χ4v) is 2.36. The molecule has 0 atom stereocenters. The van der Waals surface area contributed by atoms with E-state index in [1.54, 1.807) is 24.3 Å². The molecule has 4 aromatic rings. The van der Waals surface area contributed by atoms with Crippen LogP contribution in [0.15, 0.2) is 72.8 Å². The first-order chi connectivity index (χ1) is 12.5. The summed E-state index contributed by atoms with van der Waals surface area (Å²) in [6.45, 7) is 0. The molecule has 0 fully saturated rings. The van der Waals surface area contributed by atoms with Crippen molar-refractivity contribution in [3.8, 4) is 0 Å². The number of nitrogens with zero attached hydrogens (tertiary/aromatic N) is 2. The molecule has 28 heavy (non-hydrogen) atoms. The monoisotopic (exact) mass is 575 g/mol. The van der Waals surface area contributed by atoms with Gasteiger partial charge in [-0.2, -0.15) is 0 Å². The summed E-state index contributed by atoms with van der Waals surface area (Å²) in [5, 5.41) is 22.8. The summed E-state index contributed by atoms with van der Waals surface area (Å²) in [6.07, 6.45) is 0. The maximum atomic E-state index is 10.5. The Labute approximate surface area is 191 Å². The van der Waals surface area contributed by atoms with E-state index in [-0.39, 0.29) is 55.8 Å². The molecule has 0 spiro atoms. The second kappa shape index (κ2) is 10.9.